The zero-order valence-corrected chi connectivity index (χ0v) is 22.1. The Morgan fingerprint density at radius 2 is 1.67 bits per heavy atom. The van der Waals surface area contributed by atoms with Gasteiger partial charge in [0.1, 0.15) is 12.1 Å². The minimum Gasteiger partial charge on any atom is -0.353 e. The lowest BCUT2D eigenvalue weighted by atomic mass is 9.70. The van der Waals surface area contributed by atoms with Crippen molar-refractivity contribution in [1.29, 1.82) is 0 Å². The first-order valence-corrected chi connectivity index (χ1v) is 13.4. The molecule has 4 atom stereocenters. The molecular weight excluding hydrogens is 462 g/mol. The average molecular weight is 506 g/mol. The van der Waals surface area contributed by atoms with Crippen LogP contribution in [-0.4, -0.2) is 66.2 Å². The number of likely N-dealkylation sites (tertiary alicyclic amines) is 1. The molecule has 0 spiro atoms. The summed E-state index contributed by atoms with van der Waals surface area (Å²) >= 11 is 0. The van der Waals surface area contributed by atoms with Crippen LogP contribution in [-0.2, 0) is 19.2 Å². The number of nitrogens with one attached hydrogen (secondary N) is 3. The van der Waals surface area contributed by atoms with Gasteiger partial charge in [-0.2, -0.15) is 0 Å². The number of ketones is 1. The van der Waals surface area contributed by atoms with Crippen LogP contribution in [0.4, 0.5) is 4.79 Å². The second kappa shape index (κ2) is 11.6. The fourth-order valence-corrected chi connectivity index (χ4v) is 5.80. The maximum absolute atomic E-state index is 14.0. The monoisotopic (exact) mass is 505 g/mol. The molecule has 0 bridgehead atoms. The van der Waals surface area contributed by atoms with Crippen LogP contribution in [0.1, 0.15) is 78.6 Å². The maximum Gasteiger partial charge on any atom is 0.312 e. The van der Waals surface area contributed by atoms with Gasteiger partial charge in [-0.15, -0.1) is 0 Å². The van der Waals surface area contributed by atoms with Crippen LogP contribution in [0.5, 0.6) is 0 Å². The smallest absolute Gasteiger partial charge is 0.312 e. The van der Waals surface area contributed by atoms with Crippen LogP contribution in [0.3, 0.4) is 0 Å². The first-order valence-electron chi connectivity index (χ1n) is 13.4. The number of likely N-dealkylation sites (N-methyl/N-ethyl adjacent to an activating group) is 1. The summed E-state index contributed by atoms with van der Waals surface area (Å²) in [6, 6.07) is -3.29. The van der Waals surface area contributed by atoms with Crippen LogP contribution in [0.2, 0.25) is 0 Å². The summed E-state index contributed by atoms with van der Waals surface area (Å²) in [7, 11) is 1.39. The lowest BCUT2D eigenvalue weighted by molar-refractivity contribution is -0.144. The largest absolute Gasteiger partial charge is 0.353 e. The van der Waals surface area contributed by atoms with Gasteiger partial charge >= 0.3 is 6.03 Å². The van der Waals surface area contributed by atoms with Gasteiger partial charge in [-0.05, 0) is 48.9 Å². The molecule has 10 heteroatoms. The van der Waals surface area contributed by atoms with E-state index in [1.165, 1.54) is 7.05 Å². The summed E-state index contributed by atoms with van der Waals surface area (Å²) in [5.74, 6) is -1.51. The van der Waals surface area contributed by atoms with Gasteiger partial charge in [-0.25, -0.2) is 4.79 Å². The molecule has 3 aliphatic rings. The lowest BCUT2D eigenvalue weighted by Crippen LogP contribution is -2.60. The molecule has 0 aromatic rings. The molecule has 1 saturated heterocycles. The van der Waals surface area contributed by atoms with Gasteiger partial charge in [0, 0.05) is 13.6 Å². The molecule has 2 unspecified atom stereocenters. The van der Waals surface area contributed by atoms with Crippen LogP contribution in [0.25, 0.3) is 0 Å². The highest BCUT2D eigenvalue weighted by atomic mass is 16.2. The zero-order valence-electron chi connectivity index (χ0n) is 22.1. The van der Waals surface area contributed by atoms with E-state index in [0.717, 1.165) is 44.9 Å². The van der Waals surface area contributed by atoms with E-state index < -0.39 is 47.2 Å². The first kappa shape index (κ1) is 27.9. The van der Waals surface area contributed by atoms with Crippen molar-refractivity contribution in [2.75, 3.05) is 13.6 Å². The standard InChI is InChI=1S/C26H43N5O5/c1-15(2)17-13-19(22(33)29-18(12-16-8-9-16)20(32)23(34)28-4)31(14-17)24(35)21(30-25(27)36)26(3)10-6-5-7-11-26/h15-19,21H,5-14H2,1-4H3,(H,28,34)(H,29,33)(H3,27,30,36)/t17-,18?,19+,21?/m1/s1. The van der Waals surface area contributed by atoms with E-state index in [4.69, 9.17) is 5.73 Å². The van der Waals surface area contributed by atoms with E-state index in [-0.39, 0.29) is 17.7 Å². The van der Waals surface area contributed by atoms with Crippen molar-refractivity contribution in [1.82, 2.24) is 20.9 Å². The van der Waals surface area contributed by atoms with Gasteiger partial charge in [0.2, 0.25) is 17.6 Å². The third-order valence-electron chi connectivity index (χ3n) is 8.44. The molecule has 202 valence electrons. The van der Waals surface area contributed by atoms with Crippen molar-refractivity contribution in [3.05, 3.63) is 0 Å². The molecule has 36 heavy (non-hydrogen) atoms. The van der Waals surface area contributed by atoms with E-state index in [1.54, 1.807) is 4.90 Å². The SMILES string of the molecule is CNC(=O)C(=O)C(CC1CC1)NC(=O)[C@@H]1C[C@@H](C(C)C)CN1C(=O)C(NC(N)=O)C1(C)CCCCC1. The molecular formula is C26H43N5O5. The Morgan fingerprint density at radius 1 is 1.03 bits per heavy atom. The zero-order chi connectivity index (χ0) is 26.6. The molecule has 10 nitrogen and oxygen atoms in total. The van der Waals surface area contributed by atoms with Crippen LogP contribution < -0.4 is 21.7 Å². The average Bonchev–Trinajstić information content (AvgIpc) is 3.54. The van der Waals surface area contributed by atoms with Crippen molar-refractivity contribution in [2.24, 2.45) is 28.9 Å². The van der Waals surface area contributed by atoms with Crippen molar-refractivity contribution >= 4 is 29.5 Å². The quantitative estimate of drug-likeness (QED) is 0.332. The number of rotatable bonds is 10. The summed E-state index contributed by atoms with van der Waals surface area (Å²) in [5, 5.41) is 7.85. The molecule has 1 aliphatic heterocycles. The van der Waals surface area contributed by atoms with E-state index in [9.17, 15) is 24.0 Å². The highest BCUT2D eigenvalue weighted by Gasteiger charge is 2.48. The fourth-order valence-electron chi connectivity index (χ4n) is 5.80. The van der Waals surface area contributed by atoms with Crippen LogP contribution >= 0.6 is 0 Å². The third kappa shape index (κ3) is 6.56. The molecule has 2 saturated carbocycles. The number of carbonyl (C=O) groups is 5. The number of urea groups is 1. The second-order valence-corrected chi connectivity index (χ2v) is 11.6. The number of hydrogen-bond donors (Lipinski definition) is 4. The van der Waals surface area contributed by atoms with Gasteiger partial charge < -0.3 is 26.6 Å². The Hall–Kier alpha value is -2.65. The topological polar surface area (TPSA) is 151 Å². The molecule has 3 rings (SSSR count). The molecule has 3 fully saturated rings. The van der Waals surface area contributed by atoms with Crippen LogP contribution in [0, 0.1) is 23.2 Å². The Kier molecular flexibility index (Phi) is 9.00. The molecule has 5 N–H and O–H groups in total. The van der Waals surface area contributed by atoms with E-state index in [1.807, 2.05) is 6.92 Å². The molecule has 5 amide bonds. The number of nitrogens with zero attached hydrogens (tertiary/aromatic N) is 1. The summed E-state index contributed by atoms with van der Waals surface area (Å²) < 4.78 is 0. The van der Waals surface area contributed by atoms with Crippen LogP contribution in [0.15, 0.2) is 0 Å². The molecule has 0 aromatic heterocycles. The minimum atomic E-state index is -0.921. The summed E-state index contributed by atoms with van der Waals surface area (Å²) in [6.07, 6.45) is 7.38. The van der Waals surface area contributed by atoms with Crippen molar-refractivity contribution in [3.8, 4) is 0 Å². The Labute approximate surface area is 213 Å². The van der Waals surface area contributed by atoms with Gasteiger partial charge in [0.25, 0.3) is 5.91 Å². The number of nitrogens with two attached hydrogens (primary N) is 1. The van der Waals surface area contributed by atoms with E-state index in [2.05, 4.69) is 29.8 Å². The number of amides is 5. The van der Waals surface area contributed by atoms with Gasteiger partial charge in [-0.1, -0.05) is 52.9 Å². The Bertz CT molecular complexity index is 865. The third-order valence-corrected chi connectivity index (χ3v) is 8.44. The normalized spacial score (nSPS) is 25.1. The van der Waals surface area contributed by atoms with Crippen molar-refractivity contribution in [2.45, 2.75) is 96.7 Å². The molecule has 1 heterocycles. The van der Waals surface area contributed by atoms with E-state index >= 15 is 0 Å². The van der Waals surface area contributed by atoms with Gasteiger partial charge in [-0.3, -0.25) is 19.2 Å². The molecule has 2 aliphatic carbocycles. The highest BCUT2D eigenvalue weighted by Crippen LogP contribution is 2.41. The Morgan fingerprint density at radius 3 is 2.19 bits per heavy atom. The van der Waals surface area contributed by atoms with Gasteiger partial charge in [0.15, 0.2) is 0 Å². The molecule has 0 aromatic carbocycles. The lowest BCUT2D eigenvalue weighted by Gasteiger charge is -2.42. The second-order valence-electron chi connectivity index (χ2n) is 11.6. The van der Waals surface area contributed by atoms with E-state index in [0.29, 0.717) is 25.3 Å². The minimum absolute atomic E-state index is 0.0922. The van der Waals surface area contributed by atoms with Crippen molar-refractivity contribution < 1.29 is 24.0 Å². The summed E-state index contributed by atoms with van der Waals surface area (Å²) in [6.45, 7) is 6.50. The number of Topliss-reactive ketones (excluding diaryl/α,β-unsaturated/α-hetero) is 1. The predicted octanol–water partition coefficient (Wildman–Crippen LogP) is 1.47. The fraction of sp³-hybridized carbons (Fsp3) is 0.808. The number of hydrogen-bond acceptors (Lipinski definition) is 5. The number of carbonyl (C=O) groups excluding carboxylic acids is 5. The first-order chi connectivity index (χ1) is 17.0. The molecule has 0 radical (unpaired) electrons. The van der Waals surface area contributed by atoms with Gasteiger partial charge in [0.05, 0.1) is 6.04 Å². The maximum atomic E-state index is 14.0. The highest BCUT2D eigenvalue weighted by molar-refractivity contribution is 6.38. The number of primary amides is 1. The summed E-state index contributed by atoms with van der Waals surface area (Å²) in [5.41, 5.74) is 5.03. The predicted molar refractivity (Wildman–Crippen MR) is 134 cm³/mol. The summed E-state index contributed by atoms with van der Waals surface area (Å²) in [4.78, 5) is 65.7. The Balaban J connectivity index is 1.84. The van der Waals surface area contributed by atoms with Crippen molar-refractivity contribution in [3.63, 3.8) is 0 Å².